The van der Waals surface area contributed by atoms with Crippen LogP contribution in [0.2, 0.25) is 20.1 Å². The number of carboxylic acid groups (broad SMARTS) is 1. The molecular formula is C22H17Cl4NO4. The zero-order chi connectivity index (χ0) is 22.5. The monoisotopic (exact) mass is 499 g/mol. The Morgan fingerprint density at radius 3 is 2.32 bits per heavy atom. The molecule has 0 aliphatic heterocycles. The second-order valence-electron chi connectivity index (χ2n) is 6.48. The van der Waals surface area contributed by atoms with Gasteiger partial charge in [-0.05, 0) is 47.5 Å². The van der Waals surface area contributed by atoms with Crippen LogP contribution in [0.1, 0.15) is 21.5 Å². The minimum absolute atomic E-state index is 0.0152. The second-order valence-corrected chi connectivity index (χ2v) is 8.11. The molecule has 0 aliphatic rings. The van der Waals surface area contributed by atoms with E-state index in [4.69, 9.17) is 55.9 Å². The smallest absolute Gasteiger partial charge is 0.337 e. The third-order valence-corrected chi connectivity index (χ3v) is 5.81. The van der Waals surface area contributed by atoms with Crippen LogP contribution in [0, 0.1) is 0 Å². The van der Waals surface area contributed by atoms with Crippen LogP contribution in [0.3, 0.4) is 0 Å². The first-order chi connectivity index (χ1) is 14.8. The third kappa shape index (κ3) is 5.89. The van der Waals surface area contributed by atoms with Crippen LogP contribution in [0.25, 0.3) is 0 Å². The lowest BCUT2D eigenvalue weighted by atomic mass is 10.1. The van der Waals surface area contributed by atoms with Crippen molar-refractivity contribution in [3.8, 4) is 11.5 Å². The summed E-state index contributed by atoms with van der Waals surface area (Å²) in [7, 11) is 1.53. The van der Waals surface area contributed by atoms with Gasteiger partial charge in [-0.15, -0.1) is 0 Å². The molecule has 0 radical (unpaired) electrons. The maximum Gasteiger partial charge on any atom is 0.337 e. The average Bonchev–Trinajstić information content (AvgIpc) is 2.74. The van der Waals surface area contributed by atoms with Crippen molar-refractivity contribution < 1.29 is 19.4 Å². The minimum atomic E-state index is -1.10. The van der Waals surface area contributed by atoms with Gasteiger partial charge in [-0.25, -0.2) is 4.79 Å². The topological polar surface area (TPSA) is 67.8 Å². The quantitative estimate of drug-likeness (QED) is 0.342. The number of anilines is 1. The van der Waals surface area contributed by atoms with E-state index in [2.05, 4.69) is 5.32 Å². The fourth-order valence-corrected chi connectivity index (χ4v) is 3.51. The Morgan fingerprint density at radius 1 is 0.903 bits per heavy atom. The van der Waals surface area contributed by atoms with Crippen molar-refractivity contribution in [1.82, 2.24) is 0 Å². The molecule has 0 heterocycles. The van der Waals surface area contributed by atoms with Crippen LogP contribution in [0.5, 0.6) is 11.5 Å². The molecule has 0 unspecified atom stereocenters. The largest absolute Gasteiger partial charge is 0.493 e. The number of carboxylic acids is 1. The molecule has 0 aliphatic carbocycles. The predicted molar refractivity (Wildman–Crippen MR) is 125 cm³/mol. The first-order valence-corrected chi connectivity index (χ1v) is 10.5. The van der Waals surface area contributed by atoms with Gasteiger partial charge in [-0.3, -0.25) is 0 Å². The van der Waals surface area contributed by atoms with Gasteiger partial charge in [0.05, 0.1) is 27.7 Å². The molecule has 0 fully saturated rings. The van der Waals surface area contributed by atoms with Gasteiger partial charge in [0.15, 0.2) is 11.5 Å². The summed E-state index contributed by atoms with van der Waals surface area (Å²) in [6, 6.07) is 13.3. The Morgan fingerprint density at radius 2 is 1.65 bits per heavy atom. The summed E-state index contributed by atoms with van der Waals surface area (Å²) < 4.78 is 11.3. The Kier molecular flexibility index (Phi) is 7.79. The van der Waals surface area contributed by atoms with Crippen LogP contribution in [0.4, 0.5) is 5.69 Å². The number of carbonyl (C=O) groups is 1. The van der Waals surface area contributed by atoms with Gasteiger partial charge in [0.2, 0.25) is 0 Å². The molecule has 0 saturated heterocycles. The predicted octanol–water partition coefficient (Wildman–Crippen LogP) is 7.20. The van der Waals surface area contributed by atoms with Crippen molar-refractivity contribution in [2.24, 2.45) is 0 Å². The summed E-state index contributed by atoms with van der Waals surface area (Å²) in [6.45, 7) is 0.590. The molecule has 162 valence electrons. The van der Waals surface area contributed by atoms with Crippen molar-refractivity contribution in [3.63, 3.8) is 0 Å². The Bertz CT molecular complexity index is 1120. The maximum atomic E-state index is 11.2. The number of hydrogen-bond acceptors (Lipinski definition) is 4. The Balaban J connectivity index is 1.73. The maximum absolute atomic E-state index is 11.2. The van der Waals surface area contributed by atoms with E-state index in [1.54, 1.807) is 30.3 Å². The fraction of sp³-hybridized carbons (Fsp3) is 0.136. The summed E-state index contributed by atoms with van der Waals surface area (Å²) in [4.78, 5) is 11.2. The first-order valence-electron chi connectivity index (χ1n) is 8.98. The number of ether oxygens (including phenoxy) is 2. The van der Waals surface area contributed by atoms with Gasteiger partial charge in [-0.1, -0.05) is 52.5 Å². The molecule has 0 spiro atoms. The molecule has 2 N–H and O–H groups in total. The highest BCUT2D eigenvalue weighted by atomic mass is 35.5. The Hall–Kier alpha value is -2.31. The number of hydrogen-bond donors (Lipinski definition) is 2. The lowest BCUT2D eigenvalue weighted by molar-refractivity contribution is 0.0697. The average molecular weight is 501 g/mol. The number of nitrogens with one attached hydrogen (secondary N) is 1. The first kappa shape index (κ1) is 23.4. The number of rotatable bonds is 8. The molecule has 0 atom stereocenters. The second kappa shape index (κ2) is 10.3. The van der Waals surface area contributed by atoms with E-state index in [-0.39, 0.29) is 17.2 Å². The summed E-state index contributed by atoms with van der Waals surface area (Å²) >= 11 is 24.3. The summed E-state index contributed by atoms with van der Waals surface area (Å²) in [6.07, 6.45) is 0. The van der Waals surface area contributed by atoms with Gasteiger partial charge < -0.3 is 19.9 Å². The van der Waals surface area contributed by atoms with Crippen molar-refractivity contribution in [2.45, 2.75) is 13.2 Å². The van der Waals surface area contributed by atoms with Crippen LogP contribution in [-0.2, 0) is 13.2 Å². The van der Waals surface area contributed by atoms with Crippen molar-refractivity contribution in [3.05, 3.63) is 85.3 Å². The summed E-state index contributed by atoms with van der Waals surface area (Å²) in [5.74, 6) is -0.123. The van der Waals surface area contributed by atoms with E-state index in [1.807, 2.05) is 6.07 Å². The molecule has 9 heteroatoms. The van der Waals surface area contributed by atoms with E-state index < -0.39 is 5.97 Å². The van der Waals surface area contributed by atoms with Gasteiger partial charge in [0.25, 0.3) is 0 Å². The molecule has 0 saturated carbocycles. The van der Waals surface area contributed by atoms with E-state index in [0.717, 1.165) is 11.1 Å². The molecule has 3 rings (SSSR count). The fourth-order valence-electron chi connectivity index (χ4n) is 2.77. The lowest BCUT2D eigenvalue weighted by Gasteiger charge is -2.15. The molecule has 0 amide bonds. The summed E-state index contributed by atoms with van der Waals surface area (Å²) in [5.41, 5.74) is 2.20. The van der Waals surface area contributed by atoms with Crippen molar-refractivity contribution in [1.29, 1.82) is 0 Å². The molecule has 3 aromatic carbocycles. The highest BCUT2D eigenvalue weighted by Crippen LogP contribution is 2.35. The number of benzene rings is 3. The van der Waals surface area contributed by atoms with Crippen LogP contribution in [0.15, 0.2) is 48.5 Å². The lowest BCUT2D eigenvalue weighted by Crippen LogP contribution is -2.04. The molecular weight excluding hydrogens is 484 g/mol. The standard InChI is InChI=1S/C22H17Cl4NO4/c1-30-20-7-13(10-27-14-3-5-16(23)15(8-14)22(28)29)18(25)9-21(20)31-11-12-2-4-17(24)19(26)6-12/h2-9,27H,10-11H2,1H3,(H,28,29). The van der Waals surface area contributed by atoms with Gasteiger partial charge in [0, 0.05) is 23.3 Å². The van der Waals surface area contributed by atoms with Crippen LogP contribution in [-0.4, -0.2) is 18.2 Å². The van der Waals surface area contributed by atoms with E-state index in [1.165, 1.54) is 19.2 Å². The van der Waals surface area contributed by atoms with Crippen molar-refractivity contribution in [2.75, 3.05) is 12.4 Å². The van der Waals surface area contributed by atoms with Gasteiger partial charge in [-0.2, -0.15) is 0 Å². The Labute approximate surface area is 199 Å². The number of aromatic carboxylic acids is 1. The van der Waals surface area contributed by atoms with E-state index in [0.29, 0.717) is 38.8 Å². The molecule has 5 nitrogen and oxygen atoms in total. The number of methoxy groups -OCH3 is 1. The molecule has 31 heavy (non-hydrogen) atoms. The van der Waals surface area contributed by atoms with Crippen LogP contribution < -0.4 is 14.8 Å². The normalized spacial score (nSPS) is 10.6. The SMILES string of the molecule is COc1cc(CNc2ccc(Cl)c(C(=O)O)c2)c(Cl)cc1OCc1ccc(Cl)c(Cl)c1. The zero-order valence-corrected chi connectivity index (χ0v) is 19.2. The van der Waals surface area contributed by atoms with Crippen LogP contribution >= 0.6 is 46.4 Å². The van der Waals surface area contributed by atoms with Crippen molar-refractivity contribution >= 4 is 58.1 Å². The number of halogens is 4. The molecule has 3 aromatic rings. The third-order valence-electron chi connectivity index (χ3n) is 4.39. The minimum Gasteiger partial charge on any atom is -0.493 e. The van der Waals surface area contributed by atoms with Gasteiger partial charge >= 0.3 is 5.97 Å². The zero-order valence-electron chi connectivity index (χ0n) is 16.2. The van der Waals surface area contributed by atoms with Gasteiger partial charge in [0.1, 0.15) is 6.61 Å². The highest BCUT2D eigenvalue weighted by Gasteiger charge is 2.13. The summed E-state index contributed by atoms with van der Waals surface area (Å²) in [5, 5.41) is 13.9. The van der Waals surface area contributed by atoms with E-state index in [9.17, 15) is 9.90 Å². The molecule has 0 aromatic heterocycles. The van der Waals surface area contributed by atoms with E-state index >= 15 is 0 Å². The highest BCUT2D eigenvalue weighted by molar-refractivity contribution is 6.42. The molecule has 0 bridgehead atoms.